The van der Waals surface area contributed by atoms with Gasteiger partial charge in [-0.2, -0.15) is 0 Å². The molecule has 0 aromatic rings. The van der Waals surface area contributed by atoms with Gasteiger partial charge in [0.05, 0.1) is 12.3 Å². The maximum absolute atomic E-state index is 11.0. The molecule has 0 spiro atoms. The van der Waals surface area contributed by atoms with E-state index in [0.29, 0.717) is 6.61 Å². The largest absolute Gasteiger partial charge is 0.535 e. The first-order chi connectivity index (χ1) is 8.29. The van der Waals surface area contributed by atoms with Gasteiger partial charge in [-0.3, -0.25) is 4.84 Å². The normalized spacial score (nSPS) is 30.8. The Balaban J connectivity index is 1.82. The molecular weight excluding hydrogens is 218 g/mol. The Morgan fingerprint density at radius 2 is 2.06 bits per heavy atom. The van der Waals surface area contributed by atoms with Crippen LogP contribution in [0, 0.1) is 11.8 Å². The maximum atomic E-state index is 11.0. The monoisotopic (exact) mass is 239 g/mol. The average molecular weight is 239 g/mol. The van der Waals surface area contributed by atoms with Crippen LogP contribution >= 0.6 is 0 Å². The smallest absolute Gasteiger partial charge is 0.433 e. The van der Waals surface area contributed by atoms with Gasteiger partial charge in [-0.1, -0.05) is 24.4 Å². The van der Waals surface area contributed by atoms with Crippen LogP contribution in [0.2, 0.25) is 0 Å². The van der Waals surface area contributed by atoms with Gasteiger partial charge in [0.1, 0.15) is 0 Å². The van der Waals surface area contributed by atoms with Crippen molar-refractivity contribution < 1.29 is 14.4 Å². The van der Waals surface area contributed by atoms with Crippen molar-refractivity contribution in [3.8, 4) is 0 Å². The van der Waals surface area contributed by atoms with Crippen LogP contribution in [0.1, 0.15) is 51.9 Å². The van der Waals surface area contributed by atoms with E-state index in [9.17, 15) is 4.79 Å². The van der Waals surface area contributed by atoms with Crippen molar-refractivity contribution in [2.75, 3.05) is 6.61 Å². The minimum absolute atomic E-state index is 0.328. The molecule has 0 N–H and O–H groups in total. The lowest BCUT2D eigenvalue weighted by Crippen LogP contribution is -2.28. The number of rotatable bonds is 2. The number of hydrogen-bond donors (Lipinski definition) is 0. The lowest BCUT2D eigenvalue weighted by molar-refractivity contribution is 0.0602. The molecule has 0 aromatic heterocycles. The van der Waals surface area contributed by atoms with Crippen LogP contribution in [0.4, 0.5) is 4.79 Å². The van der Waals surface area contributed by atoms with Crippen molar-refractivity contribution in [3.05, 3.63) is 0 Å². The third-order valence-electron chi connectivity index (χ3n) is 3.88. The van der Waals surface area contributed by atoms with Crippen molar-refractivity contribution in [2.45, 2.75) is 51.9 Å². The van der Waals surface area contributed by atoms with E-state index in [4.69, 9.17) is 4.84 Å². The summed E-state index contributed by atoms with van der Waals surface area (Å²) in [7, 11) is 0. The summed E-state index contributed by atoms with van der Waals surface area (Å²) >= 11 is 0. The number of oxime groups is 1. The van der Waals surface area contributed by atoms with E-state index in [1.54, 1.807) is 6.92 Å². The zero-order chi connectivity index (χ0) is 12.1. The summed E-state index contributed by atoms with van der Waals surface area (Å²) in [6.07, 6.45) is 7.89. The summed E-state index contributed by atoms with van der Waals surface area (Å²) in [4.78, 5) is 15.7. The van der Waals surface area contributed by atoms with Gasteiger partial charge in [-0.15, -0.1) is 0 Å². The van der Waals surface area contributed by atoms with Crippen LogP contribution in [0.25, 0.3) is 0 Å². The Morgan fingerprint density at radius 1 is 1.29 bits per heavy atom. The summed E-state index contributed by atoms with van der Waals surface area (Å²) in [5, 5.41) is 3.93. The van der Waals surface area contributed by atoms with Crippen LogP contribution in [0.3, 0.4) is 0 Å². The molecule has 2 aliphatic rings. The van der Waals surface area contributed by atoms with Gasteiger partial charge in [0.2, 0.25) is 0 Å². The fraction of sp³-hybridized carbons (Fsp3) is 0.846. The molecule has 2 unspecified atom stereocenters. The number of nitrogens with zero attached hydrogens (tertiary/aromatic N) is 1. The van der Waals surface area contributed by atoms with Crippen molar-refractivity contribution in [3.63, 3.8) is 0 Å². The molecule has 0 radical (unpaired) electrons. The Labute approximate surface area is 102 Å². The van der Waals surface area contributed by atoms with Gasteiger partial charge in [0.15, 0.2) is 0 Å². The summed E-state index contributed by atoms with van der Waals surface area (Å²) in [6, 6.07) is 0. The second-order valence-corrected chi connectivity index (χ2v) is 4.98. The molecule has 0 aliphatic heterocycles. The second-order valence-electron chi connectivity index (χ2n) is 4.98. The van der Waals surface area contributed by atoms with Crippen LogP contribution in [0.5, 0.6) is 0 Å². The molecule has 0 aromatic carbocycles. The van der Waals surface area contributed by atoms with E-state index in [2.05, 4.69) is 9.89 Å². The first-order valence-corrected chi connectivity index (χ1v) is 6.69. The summed E-state index contributed by atoms with van der Waals surface area (Å²) in [6.45, 7) is 2.08. The number of carbonyl (C=O) groups is 1. The molecule has 2 atom stereocenters. The minimum Gasteiger partial charge on any atom is -0.433 e. The Morgan fingerprint density at radius 3 is 2.82 bits per heavy atom. The Hall–Kier alpha value is -1.06. The Bertz CT molecular complexity index is 301. The van der Waals surface area contributed by atoms with Gasteiger partial charge in [-0.05, 0) is 44.4 Å². The zero-order valence-electron chi connectivity index (χ0n) is 10.5. The van der Waals surface area contributed by atoms with Crippen LogP contribution in [0.15, 0.2) is 5.16 Å². The summed E-state index contributed by atoms with van der Waals surface area (Å²) < 4.78 is 4.67. The third-order valence-corrected chi connectivity index (χ3v) is 3.88. The first kappa shape index (κ1) is 12.4. The highest BCUT2D eigenvalue weighted by Gasteiger charge is 2.30. The molecule has 0 heterocycles. The predicted molar refractivity (Wildman–Crippen MR) is 64.8 cm³/mol. The van der Waals surface area contributed by atoms with Crippen LogP contribution < -0.4 is 0 Å². The van der Waals surface area contributed by atoms with Gasteiger partial charge >= 0.3 is 6.16 Å². The zero-order valence-corrected chi connectivity index (χ0v) is 10.5. The van der Waals surface area contributed by atoms with Crippen LogP contribution in [-0.2, 0) is 9.57 Å². The van der Waals surface area contributed by atoms with E-state index in [1.165, 1.54) is 32.1 Å². The molecule has 2 rings (SSSR count). The van der Waals surface area contributed by atoms with Crippen molar-refractivity contribution in [1.29, 1.82) is 0 Å². The van der Waals surface area contributed by atoms with Gasteiger partial charge in [-0.25, -0.2) is 4.79 Å². The molecule has 0 saturated heterocycles. The van der Waals surface area contributed by atoms with E-state index >= 15 is 0 Å². The highest BCUT2D eigenvalue weighted by atomic mass is 16.8. The number of fused-ring (bicyclic) bond motifs is 1. The molecule has 0 bridgehead atoms. The molecule has 2 fully saturated rings. The number of carbonyl (C=O) groups excluding carboxylic acids is 1. The highest BCUT2D eigenvalue weighted by molar-refractivity contribution is 5.85. The molecule has 17 heavy (non-hydrogen) atoms. The van der Waals surface area contributed by atoms with Crippen LogP contribution in [-0.4, -0.2) is 18.5 Å². The molecular formula is C13H21NO3. The van der Waals surface area contributed by atoms with Crippen molar-refractivity contribution in [2.24, 2.45) is 17.0 Å². The third kappa shape index (κ3) is 3.45. The maximum Gasteiger partial charge on any atom is 0.535 e. The summed E-state index contributed by atoms with van der Waals surface area (Å²) in [5.41, 5.74) is 1.03. The Kier molecular flexibility index (Phi) is 4.40. The van der Waals surface area contributed by atoms with E-state index < -0.39 is 6.16 Å². The van der Waals surface area contributed by atoms with Gasteiger partial charge in [0.25, 0.3) is 0 Å². The van der Waals surface area contributed by atoms with Gasteiger partial charge in [0, 0.05) is 0 Å². The van der Waals surface area contributed by atoms with E-state index in [0.717, 1.165) is 30.4 Å². The van der Waals surface area contributed by atoms with Crippen molar-refractivity contribution in [1.82, 2.24) is 0 Å². The molecule has 2 aliphatic carbocycles. The SMILES string of the molecule is CCOC(=O)O/N=C1/CCC2CCCCC2C1. The average Bonchev–Trinajstić information content (AvgIpc) is 2.36. The van der Waals surface area contributed by atoms with E-state index in [1.807, 2.05) is 0 Å². The minimum atomic E-state index is -0.689. The lowest BCUT2D eigenvalue weighted by Gasteiger charge is -2.35. The first-order valence-electron chi connectivity index (χ1n) is 6.69. The fourth-order valence-electron chi connectivity index (χ4n) is 3.02. The molecule has 0 amide bonds. The number of hydrogen-bond acceptors (Lipinski definition) is 4. The summed E-state index contributed by atoms with van der Waals surface area (Å²) in [5.74, 6) is 1.65. The fourth-order valence-corrected chi connectivity index (χ4v) is 3.02. The molecule has 96 valence electrons. The highest BCUT2D eigenvalue weighted by Crippen LogP contribution is 2.39. The number of ether oxygens (including phenoxy) is 1. The topological polar surface area (TPSA) is 47.9 Å². The molecule has 4 heteroatoms. The molecule has 4 nitrogen and oxygen atoms in total. The standard InChI is InChI=1S/C13H21NO3/c1-2-16-13(15)17-14-12-8-7-10-5-3-4-6-11(10)9-12/h10-11H,2-9H2,1H3/b14-12-. The molecule has 2 saturated carbocycles. The predicted octanol–water partition coefficient (Wildman–Crippen LogP) is 3.51. The van der Waals surface area contributed by atoms with Gasteiger partial charge < -0.3 is 4.74 Å². The van der Waals surface area contributed by atoms with E-state index in [-0.39, 0.29) is 0 Å². The quantitative estimate of drug-likeness (QED) is 0.421. The second kappa shape index (κ2) is 6.03. The lowest BCUT2D eigenvalue weighted by atomic mass is 9.70. The van der Waals surface area contributed by atoms with Crippen molar-refractivity contribution >= 4 is 11.9 Å².